The standard InChI is InChI=1S/C6H8N2O2.ClH/c9-4-1-6(2-7-3-6)5(10)8-4;/h7H,1-3H2,(H,8,9,10);1H. The molecule has 0 aromatic carbocycles. The molecule has 0 saturated carbocycles. The lowest BCUT2D eigenvalue weighted by Crippen LogP contribution is -2.57. The molecule has 62 valence electrons. The van der Waals surface area contributed by atoms with Crippen LogP contribution in [0.2, 0.25) is 0 Å². The summed E-state index contributed by atoms with van der Waals surface area (Å²) < 4.78 is 0. The Morgan fingerprint density at radius 3 is 2.09 bits per heavy atom. The minimum atomic E-state index is -0.364. The van der Waals surface area contributed by atoms with Gasteiger partial charge in [-0.2, -0.15) is 0 Å². The predicted octanol–water partition coefficient (Wildman–Crippen LogP) is -0.956. The number of rotatable bonds is 0. The van der Waals surface area contributed by atoms with Crippen LogP contribution in [-0.4, -0.2) is 24.9 Å². The smallest absolute Gasteiger partial charge is 0.235 e. The fourth-order valence-electron chi connectivity index (χ4n) is 1.40. The van der Waals surface area contributed by atoms with E-state index in [1.807, 2.05) is 0 Å². The third-order valence-corrected chi connectivity index (χ3v) is 2.16. The van der Waals surface area contributed by atoms with Gasteiger partial charge in [0.15, 0.2) is 0 Å². The first-order valence-corrected chi connectivity index (χ1v) is 3.28. The first kappa shape index (κ1) is 8.49. The number of hydrogen-bond donors (Lipinski definition) is 2. The normalized spacial score (nSPS) is 25.8. The van der Waals surface area contributed by atoms with E-state index in [1.54, 1.807) is 0 Å². The Labute approximate surface area is 70.1 Å². The molecule has 0 unspecified atom stereocenters. The molecule has 2 amide bonds. The Morgan fingerprint density at radius 2 is 1.91 bits per heavy atom. The highest BCUT2D eigenvalue weighted by Crippen LogP contribution is 2.30. The minimum absolute atomic E-state index is 0. The monoisotopic (exact) mass is 176 g/mol. The van der Waals surface area contributed by atoms with Gasteiger partial charge in [0.2, 0.25) is 11.8 Å². The second-order valence-electron chi connectivity index (χ2n) is 2.94. The molecular weight excluding hydrogens is 168 g/mol. The van der Waals surface area contributed by atoms with Crippen molar-refractivity contribution in [2.24, 2.45) is 5.41 Å². The number of amides is 2. The highest BCUT2D eigenvalue weighted by atomic mass is 35.5. The predicted molar refractivity (Wildman–Crippen MR) is 40.3 cm³/mol. The molecule has 0 bridgehead atoms. The van der Waals surface area contributed by atoms with Crippen molar-refractivity contribution in [2.75, 3.05) is 13.1 Å². The molecule has 2 aliphatic heterocycles. The van der Waals surface area contributed by atoms with Crippen LogP contribution in [0, 0.1) is 5.41 Å². The number of nitrogens with one attached hydrogen (secondary N) is 2. The zero-order valence-electron chi connectivity index (χ0n) is 5.85. The van der Waals surface area contributed by atoms with E-state index < -0.39 is 0 Å². The van der Waals surface area contributed by atoms with Gasteiger partial charge in [-0.25, -0.2) is 0 Å². The zero-order valence-corrected chi connectivity index (χ0v) is 6.66. The average molecular weight is 177 g/mol. The molecule has 2 rings (SSSR count). The van der Waals surface area contributed by atoms with E-state index in [-0.39, 0.29) is 29.6 Å². The van der Waals surface area contributed by atoms with Crippen LogP contribution in [0.4, 0.5) is 0 Å². The van der Waals surface area contributed by atoms with Gasteiger partial charge >= 0.3 is 0 Å². The van der Waals surface area contributed by atoms with Crippen LogP contribution in [-0.2, 0) is 9.59 Å². The van der Waals surface area contributed by atoms with E-state index >= 15 is 0 Å². The van der Waals surface area contributed by atoms with E-state index in [9.17, 15) is 9.59 Å². The Balaban J connectivity index is 0.000000605. The van der Waals surface area contributed by atoms with Gasteiger partial charge in [0, 0.05) is 19.5 Å². The highest BCUT2D eigenvalue weighted by molar-refractivity contribution is 6.06. The van der Waals surface area contributed by atoms with Crippen molar-refractivity contribution in [1.29, 1.82) is 0 Å². The van der Waals surface area contributed by atoms with Gasteiger partial charge < -0.3 is 5.32 Å². The summed E-state index contributed by atoms with van der Waals surface area (Å²) in [5, 5.41) is 5.27. The van der Waals surface area contributed by atoms with E-state index in [0.717, 1.165) is 0 Å². The molecule has 0 aromatic rings. The Kier molecular flexibility index (Phi) is 1.90. The SMILES string of the molecule is Cl.O=C1CC2(CNC2)C(=O)N1. The number of halogens is 1. The second kappa shape index (κ2) is 2.46. The van der Waals surface area contributed by atoms with Crippen molar-refractivity contribution in [1.82, 2.24) is 10.6 Å². The summed E-state index contributed by atoms with van der Waals surface area (Å²) >= 11 is 0. The van der Waals surface area contributed by atoms with Crippen LogP contribution in [0.3, 0.4) is 0 Å². The first-order chi connectivity index (χ1) is 4.73. The van der Waals surface area contributed by atoms with Crippen molar-refractivity contribution in [3.63, 3.8) is 0 Å². The maximum Gasteiger partial charge on any atom is 0.235 e. The largest absolute Gasteiger partial charge is 0.314 e. The van der Waals surface area contributed by atoms with Gasteiger partial charge in [-0.3, -0.25) is 14.9 Å². The lowest BCUT2D eigenvalue weighted by molar-refractivity contribution is -0.130. The minimum Gasteiger partial charge on any atom is -0.314 e. The summed E-state index contributed by atoms with van der Waals surface area (Å²) in [6.45, 7) is 1.31. The lowest BCUT2D eigenvalue weighted by atomic mass is 9.80. The maximum absolute atomic E-state index is 11.0. The molecule has 2 saturated heterocycles. The van der Waals surface area contributed by atoms with Crippen LogP contribution >= 0.6 is 12.4 Å². The summed E-state index contributed by atoms with van der Waals surface area (Å²) in [6, 6.07) is 0. The number of hydrogen-bond acceptors (Lipinski definition) is 3. The molecule has 11 heavy (non-hydrogen) atoms. The lowest BCUT2D eigenvalue weighted by Gasteiger charge is -2.35. The quantitative estimate of drug-likeness (QED) is 0.468. The number of carbonyl (C=O) groups excluding carboxylic acids is 2. The molecule has 0 atom stereocenters. The van der Waals surface area contributed by atoms with Crippen molar-refractivity contribution >= 4 is 24.2 Å². The Hall–Kier alpha value is -0.610. The van der Waals surface area contributed by atoms with E-state index in [0.29, 0.717) is 19.5 Å². The molecular formula is C6H9ClN2O2. The molecule has 1 spiro atoms. The van der Waals surface area contributed by atoms with E-state index in [1.165, 1.54) is 0 Å². The molecule has 2 N–H and O–H groups in total. The molecule has 4 nitrogen and oxygen atoms in total. The fraction of sp³-hybridized carbons (Fsp3) is 0.667. The summed E-state index contributed by atoms with van der Waals surface area (Å²) in [6.07, 6.45) is 0.374. The van der Waals surface area contributed by atoms with Crippen LogP contribution in [0.15, 0.2) is 0 Å². The second-order valence-corrected chi connectivity index (χ2v) is 2.94. The number of imide groups is 1. The zero-order chi connectivity index (χ0) is 7.19. The fourth-order valence-corrected chi connectivity index (χ4v) is 1.40. The van der Waals surface area contributed by atoms with Gasteiger partial charge in [0.05, 0.1) is 5.41 Å². The summed E-state index contributed by atoms with van der Waals surface area (Å²) in [7, 11) is 0. The molecule has 2 fully saturated rings. The Morgan fingerprint density at radius 1 is 1.27 bits per heavy atom. The van der Waals surface area contributed by atoms with Gasteiger partial charge in [-0.05, 0) is 0 Å². The van der Waals surface area contributed by atoms with Crippen LogP contribution in [0.25, 0.3) is 0 Å². The van der Waals surface area contributed by atoms with Gasteiger partial charge in [0.25, 0.3) is 0 Å². The molecule has 5 heteroatoms. The molecule has 0 aliphatic carbocycles. The Bertz CT molecular complexity index is 213. The van der Waals surface area contributed by atoms with Crippen LogP contribution in [0.5, 0.6) is 0 Å². The molecule has 0 radical (unpaired) electrons. The highest BCUT2D eigenvalue weighted by Gasteiger charge is 2.50. The third kappa shape index (κ3) is 1.02. The molecule has 0 aromatic heterocycles. The van der Waals surface area contributed by atoms with Crippen molar-refractivity contribution in [3.05, 3.63) is 0 Å². The van der Waals surface area contributed by atoms with Crippen LogP contribution in [0.1, 0.15) is 6.42 Å². The summed E-state index contributed by atoms with van der Waals surface area (Å²) in [5.74, 6) is -0.234. The van der Waals surface area contributed by atoms with Crippen molar-refractivity contribution in [2.45, 2.75) is 6.42 Å². The summed E-state index contributed by atoms with van der Waals surface area (Å²) in [4.78, 5) is 21.7. The van der Waals surface area contributed by atoms with E-state index in [4.69, 9.17) is 0 Å². The van der Waals surface area contributed by atoms with Gasteiger partial charge in [0.1, 0.15) is 0 Å². The third-order valence-electron chi connectivity index (χ3n) is 2.16. The van der Waals surface area contributed by atoms with Crippen molar-refractivity contribution < 1.29 is 9.59 Å². The average Bonchev–Trinajstić information content (AvgIpc) is 2.04. The van der Waals surface area contributed by atoms with Crippen molar-refractivity contribution in [3.8, 4) is 0 Å². The van der Waals surface area contributed by atoms with Gasteiger partial charge in [-0.15, -0.1) is 12.4 Å². The molecule has 2 heterocycles. The van der Waals surface area contributed by atoms with Gasteiger partial charge in [-0.1, -0.05) is 0 Å². The van der Waals surface area contributed by atoms with Crippen LogP contribution < -0.4 is 10.6 Å². The first-order valence-electron chi connectivity index (χ1n) is 3.28. The topological polar surface area (TPSA) is 58.2 Å². The molecule has 2 aliphatic rings. The van der Waals surface area contributed by atoms with E-state index in [2.05, 4.69) is 10.6 Å². The number of carbonyl (C=O) groups is 2. The summed E-state index contributed by atoms with van der Waals surface area (Å²) in [5.41, 5.74) is -0.364. The maximum atomic E-state index is 11.0.